The number of sulfonamides is 1. The second kappa shape index (κ2) is 7.02. The quantitative estimate of drug-likeness (QED) is 0.852. The fourth-order valence-corrected chi connectivity index (χ4v) is 2.91. The second-order valence-corrected chi connectivity index (χ2v) is 7.41. The fraction of sp³-hybridized carbons (Fsp3) is 0.235. The van der Waals surface area contributed by atoms with E-state index in [9.17, 15) is 13.2 Å². The average Bonchev–Trinajstić information content (AvgIpc) is 2.62. The van der Waals surface area contributed by atoms with Gasteiger partial charge in [-0.2, -0.15) is 0 Å². The second-order valence-electron chi connectivity index (χ2n) is 5.40. The SMILES string of the molecule is CCS(=O)(=O)Nc1ccc(C(=O)Nc2ccc3c(c2)OCCO3)cc1. The molecule has 0 saturated heterocycles. The van der Waals surface area contributed by atoms with Gasteiger partial charge in [0.1, 0.15) is 13.2 Å². The molecule has 25 heavy (non-hydrogen) atoms. The monoisotopic (exact) mass is 362 g/mol. The molecule has 2 N–H and O–H groups in total. The Morgan fingerprint density at radius 1 is 1.00 bits per heavy atom. The zero-order valence-corrected chi connectivity index (χ0v) is 14.4. The largest absolute Gasteiger partial charge is 0.486 e. The molecule has 1 heterocycles. The van der Waals surface area contributed by atoms with E-state index in [0.29, 0.717) is 41.7 Å². The lowest BCUT2D eigenvalue weighted by molar-refractivity contribution is 0.102. The summed E-state index contributed by atoms with van der Waals surface area (Å²) in [6.45, 7) is 2.53. The summed E-state index contributed by atoms with van der Waals surface area (Å²) in [6, 6.07) is 11.4. The first-order valence-electron chi connectivity index (χ1n) is 7.78. The summed E-state index contributed by atoms with van der Waals surface area (Å²) >= 11 is 0. The van der Waals surface area contributed by atoms with Gasteiger partial charge in [0.15, 0.2) is 11.5 Å². The predicted molar refractivity (Wildman–Crippen MR) is 94.9 cm³/mol. The van der Waals surface area contributed by atoms with E-state index in [-0.39, 0.29) is 11.7 Å². The fourth-order valence-electron chi connectivity index (χ4n) is 2.27. The first-order chi connectivity index (χ1) is 12.0. The molecule has 3 rings (SSSR count). The Kier molecular flexibility index (Phi) is 4.80. The van der Waals surface area contributed by atoms with Crippen molar-refractivity contribution in [2.24, 2.45) is 0 Å². The van der Waals surface area contributed by atoms with E-state index in [2.05, 4.69) is 10.0 Å². The van der Waals surface area contributed by atoms with E-state index >= 15 is 0 Å². The predicted octanol–water partition coefficient (Wildman–Crippen LogP) is 2.47. The molecule has 2 aromatic rings. The summed E-state index contributed by atoms with van der Waals surface area (Å²) in [5.74, 6) is 0.922. The summed E-state index contributed by atoms with van der Waals surface area (Å²) in [7, 11) is -3.34. The Morgan fingerprint density at radius 3 is 2.32 bits per heavy atom. The normalized spacial score (nSPS) is 13.2. The van der Waals surface area contributed by atoms with Crippen molar-refractivity contribution in [1.29, 1.82) is 0 Å². The highest BCUT2D eigenvalue weighted by molar-refractivity contribution is 7.92. The number of rotatable bonds is 5. The van der Waals surface area contributed by atoms with Crippen LogP contribution in [0.1, 0.15) is 17.3 Å². The van der Waals surface area contributed by atoms with E-state index < -0.39 is 10.0 Å². The number of carbonyl (C=O) groups is 1. The van der Waals surface area contributed by atoms with Gasteiger partial charge >= 0.3 is 0 Å². The van der Waals surface area contributed by atoms with Crippen LogP contribution in [0, 0.1) is 0 Å². The van der Waals surface area contributed by atoms with E-state index in [0.717, 1.165) is 0 Å². The van der Waals surface area contributed by atoms with Crippen molar-refractivity contribution in [3.8, 4) is 11.5 Å². The Morgan fingerprint density at radius 2 is 1.64 bits per heavy atom. The van der Waals surface area contributed by atoms with Crippen molar-refractivity contribution in [3.05, 3.63) is 48.0 Å². The van der Waals surface area contributed by atoms with Crippen molar-refractivity contribution in [3.63, 3.8) is 0 Å². The molecule has 0 fully saturated rings. The lowest BCUT2D eigenvalue weighted by Crippen LogP contribution is -2.17. The maximum Gasteiger partial charge on any atom is 0.255 e. The molecular formula is C17H18N2O5S. The zero-order valence-electron chi connectivity index (χ0n) is 13.6. The molecule has 0 aromatic heterocycles. The molecule has 0 saturated carbocycles. The highest BCUT2D eigenvalue weighted by Crippen LogP contribution is 2.32. The van der Waals surface area contributed by atoms with E-state index in [1.807, 2.05) is 0 Å². The standard InChI is InChI=1S/C17H18N2O5S/c1-2-25(21,22)19-13-5-3-12(4-6-13)17(20)18-14-7-8-15-16(11-14)24-10-9-23-15/h3-8,11,19H,2,9-10H2,1H3,(H,18,20). The molecule has 2 aromatic carbocycles. The Bertz CT molecular complexity index is 878. The van der Waals surface area contributed by atoms with Gasteiger partial charge in [0.2, 0.25) is 10.0 Å². The van der Waals surface area contributed by atoms with Crippen molar-refractivity contribution < 1.29 is 22.7 Å². The number of nitrogens with one attached hydrogen (secondary N) is 2. The summed E-state index contributed by atoms with van der Waals surface area (Å²) in [5.41, 5.74) is 1.41. The van der Waals surface area contributed by atoms with Gasteiger partial charge in [0.05, 0.1) is 5.75 Å². The molecule has 7 nitrogen and oxygen atoms in total. The number of carbonyl (C=O) groups excluding carboxylic acids is 1. The van der Waals surface area contributed by atoms with E-state index in [1.165, 1.54) is 0 Å². The van der Waals surface area contributed by atoms with Gasteiger partial charge < -0.3 is 14.8 Å². The molecule has 0 radical (unpaired) electrons. The first-order valence-corrected chi connectivity index (χ1v) is 9.43. The topological polar surface area (TPSA) is 93.7 Å². The lowest BCUT2D eigenvalue weighted by atomic mass is 10.2. The van der Waals surface area contributed by atoms with Gasteiger partial charge in [-0.1, -0.05) is 0 Å². The van der Waals surface area contributed by atoms with Crippen LogP contribution in [-0.4, -0.2) is 33.3 Å². The van der Waals surface area contributed by atoms with E-state index in [4.69, 9.17) is 9.47 Å². The summed E-state index contributed by atoms with van der Waals surface area (Å²) in [6.07, 6.45) is 0. The van der Waals surface area contributed by atoms with Gasteiger partial charge in [0, 0.05) is 23.0 Å². The Labute approximate surface area is 146 Å². The van der Waals surface area contributed by atoms with Gasteiger partial charge in [-0.25, -0.2) is 8.42 Å². The molecular weight excluding hydrogens is 344 g/mol. The molecule has 1 aliphatic heterocycles. The number of fused-ring (bicyclic) bond motifs is 1. The number of hydrogen-bond donors (Lipinski definition) is 2. The zero-order chi connectivity index (χ0) is 17.9. The minimum atomic E-state index is -3.34. The van der Waals surface area contributed by atoms with Crippen LogP contribution in [-0.2, 0) is 10.0 Å². The maximum absolute atomic E-state index is 12.3. The number of amides is 1. The lowest BCUT2D eigenvalue weighted by Gasteiger charge is -2.19. The van der Waals surface area contributed by atoms with Crippen molar-refractivity contribution >= 4 is 27.3 Å². The van der Waals surface area contributed by atoms with Crippen molar-refractivity contribution in [2.75, 3.05) is 29.0 Å². The maximum atomic E-state index is 12.3. The molecule has 0 atom stereocenters. The van der Waals surface area contributed by atoms with Crippen LogP contribution in [0.4, 0.5) is 11.4 Å². The van der Waals surface area contributed by atoms with Gasteiger partial charge in [-0.15, -0.1) is 0 Å². The van der Waals surface area contributed by atoms with E-state index in [1.54, 1.807) is 49.4 Å². The number of benzene rings is 2. The molecule has 0 unspecified atom stereocenters. The van der Waals surface area contributed by atoms with Crippen LogP contribution in [0.15, 0.2) is 42.5 Å². The molecule has 0 bridgehead atoms. The summed E-state index contributed by atoms with van der Waals surface area (Å²) in [5, 5.41) is 2.77. The Balaban J connectivity index is 1.69. The van der Waals surface area contributed by atoms with Crippen LogP contribution in [0.2, 0.25) is 0 Å². The van der Waals surface area contributed by atoms with Crippen LogP contribution in [0.3, 0.4) is 0 Å². The van der Waals surface area contributed by atoms with Crippen LogP contribution >= 0.6 is 0 Å². The van der Waals surface area contributed by atoms with Crippen LogP contribution in [0.25, 0.3) is 0 Å². The minimum Gasteiger partial charge on any atom is -0.486 e. The molecule has 0 spiro atoms. The van der Waals surface area contributed by atoms with Crippen molar-refractivity contribution in [1.82, 2.24) is 0 Å². The van der Waals surface area contributed by atoms with Crippen molar-refractivity contribution in [2.45, 2.75) is 6.92 Å². The third kappa shape index (κ3) is 4.21. The number of hydrogen-bond acceptors (Lipinski definition) is 5. The highest BCUT2D eigenvalue weighted by Gasteiger charge is 2.14. The first kappa shape index (κ1) is 17.1. The van der Waals surface area contributed by atoms with Gasteiger partial charge in [0.25, 0.3) is 5.91 Å². The summed E-state index contributed by atoms with van der Waals surface area (Å²) < 4.78 is 36.4. The third-order valence-electron chi connectivity index (χ3n) is 3.60. The molecule has 8 heteroatoms. The summed E-state index contributed by atoms with van der Waals surface area (Å²) in [4.78, 5) is 12.3. The Hall–Kier alpha value is -2.74. The molecule has 0 aliphatic carbocycles. The third-order valence-corrected chi connectivity index (χ3v) is 4.91. The van der Waals surface area contributed by atoms with Crippen LogP contribution in [0.5, 0.6) is 11.5 Å². The number of ether oxygens (including phenoxy) is 2. The van der Waals surface area contributed by atoms with Crippen LogP contribution < -0.4 is 19.5 Å². The number of anilines is 2. The molecule has 1 amide bonds. The molecule has 132 valence electrons. The van der Waals surface area contributed by atoms with Gasteiger partial charge in [-0.3, -0.25) is 9.52 Å². The smallest absolute Gasteiger partial charge is 0.255 e. The molecule has 1 aliphatic rings. The average molecular weight is 362 g/mol. The minimum absolute atomic E-state index is 0.0145. The highest BCUT2D eigenvalue weighted by atomic mass is 32.2. The van der Waals surface area contributed by atoms with Gasteiger partial charge in [-0.05, 0) is 43.3 Å².